The summed E-state index contributed by atoms with van der Waals surface area (Å²) in [5, 5.41) is 0. The Balaban J connectivity index is 4.76. The lowest BCUT2D eigenvalue weighted by Crippen LogP contribution is -2.04. The van der Waals surface area contributed by atoms with Crippen LogP contribution in [0.3, 0.4) is 0 Å². The van der Waals surface area contributed by atoms with Gasteiger partial charge in [-0.25, -0.2) is 8.42 Å². The van der Waals surface area contributed by atoms with E-state index in [-0.39, 0.29) is 5.75 Å². The maximum atomic E-state index is 12.8. The van der Waals surface area contributed by atoms with Crippen LogP contribution in [-0.2, 0) is 14.0 Å². The van der Waals surface area contributed by atoms with Gasteiger partial charge in [0.05, 0.1) is 5.75 Å². The van der Waals surface area contributed by atoms with Crippen LogP contribution < -0.4 is 0 Å². The number of unbranched alkanes of at least 4 members (excludes halogenated alkanes) is 3. The minimum atomic E-state index is -3.46. The third-order valence-corrected chi connectivity index (χ3v) is 19.1. The minimum absolute atomic E-state index is 0.0685. The molecule has 0 radical (unpaired) electrons. The summed E-state index contributed by atoms with van der Waals surface area (Å²) in [6.45, 7) is 6.07. The third-order valence-electron chi connectivity index (χ3n) is 2.59. The average molecular weight is 347 g/mol. The number of rotatable bonds is 12. The average Bonchev–Trinajstić information content (AvgIpc) is 2.37. The van der Waals surface area contributed by atoms with Crippen LogP contribution in [0, 0.1) is 0 Å². The zero-order valence-corrected chi connectivity index (χ0v) is 15.6. The van der Waals surface area contributed by atoms with Gasteiger partial charge in [0.15, 0.2) is 0 Å². The first-order valence-electron chi connectivity index (χ1n) is 7.05. The lowest BCUT2D eigenvalue weighted by molar-refractivity contribution is 0.583. The molecule has 0 aromatic rings. The van der Waals surface area contributed by atoms with Gasteiger partial charge in [-0.05, 0) is 19.3 Å². The van der Waals surface area contributed by atoms with Crippen LogP contribution >= 0.6 is 27.5 Å². The summed E-state index contributed by atoms with van der Waals surface area (Å²) >= 11 is 2.37. The van der Waals surface area contributed by atoms with Crippen LogP contribution in [0.1, 0.15) is 59.3 Å². The molecule has 0 unspecified atom stereocenters. The van der Waals surface area contributed by atoms with Gasteiger partial charge in [0, 0.05) is 11.5 Å². The molecule has 0 amide bonds. The van der Waals surface area contributed by atoms with Crippen LogP contribution in [0.5, 0.6) is 0 Å². The molecule has 0 saturated heterocycles. The molecule has 0 atom stereocenters. The molecule has 7 heteroatoms. The Morgan fingerprint density at radius 1 is 0.842 bits per heavy atom. The maximum absolute atomic E-state index is 12.8. The van der Waals surface area contributed by atoms with E-state index in [4.69, 9.17) is 0 Å². The highest BCUT2D eigenvalue weighted by molar-refractivity contribution is 9.12. The fourth-order valence-corrected chi connectivity index (χ4v) is 15.8. The van der Waals surface area contributed by atoms with Crippen molar-refractivity contribution in [2.45, 2.75) is 59.3 Å². The monoisotopic (exact) mass is 346 g/mol. The molecule has 0 rings (SSSR count). The van der Waals surface area contributed by atoms with Gasteiger partial charge in [-0.3, -0.25) is 4.57 Å². The van der Waals surface area contributed by atoms with E-state index >= 15 is 0 Å². The van der Waals surface area contributed by atoms with Crippen LogP contribution in [0.15, 0.2) is 0 Å². The van der Waals surface area contributed by atoms with Gasteiger partial charge < -0.3 is 0 Å². The van der Waals surface area contributed by atoms with Gasteiger partial charge in [0.25, 0.3) is 4.75 Å². The highest BCUT2D eigenvalue weighted by atomic mass is 33.4. The molecule has 0 aromatic heterocycles. The molecule has 0 fully saturated rings. The molecule has 0 saturated carbocycles. The first kappa shape index (κ1) is 19.9. The van der Waals surface area contributed by atoms with E-state index < -0.39 is 14.2 Å². The van der Waals surface area contributed by atoms with Crippen molar-refractivity contribution in [1.29, 1.82) is 0 Å². The van der Waals surface area contributed by atoms with Crippen molar-refractivity contribution < 1.29 is 13.0 Å². The van der Waals surface area contributed by atoms with Crippen molar-refractivity contribution in [3.8, 4) is 0 Å². The Morgan fingerprint density at radius 3 is 1.63 bits per heavy atom. The van der Waals surface area contributed by atoms with Crippen molar-refractivity contribution in [2.24, 2.45) is 0 Å². The third kappa shape index (κ3) is 7.45. The van der Waals surface area contributed by atoms with Gasteiger partial charge in [0.1, 0.15) is 0 Å². The van der Waals surface area contributed by atoms with Gasteiger partial charge in [0.2, 0.25) is 9.46 Å². The van der Waals surface area contributed by atoms with Crippen molar-refractivity contribution >= 4 is 37.0 Å². The van der Waals surface area contributed by atoms with E-state index in [9.17, 15) is 13.0 Å². The summed E-state index contributed by atoms with van der Waals surface area (Å²) in [4.78, 5) is 0. The zero-order chi connectivity index (χ0) is 14.8. The smallest absolute Gasteiger partial charge is 0.283 e. The topological polar surface area (TPSA) is 51.2 Å². The largest absolute Gasteiger partial charge is 0.299 e. The number of hydrogen-bond donors (Lipinski definition) is 0. The lowest BCUT2D eigenvalue weighted by atomic mass is 10.4. The van der Waals surface area contributed by atoms with Crippen LogP contribution in [0.4, 0.5) is 0 Å². The summed E-state index contributed by atoms with van der Waals surface area (Å²) in [6, 6.07) is 0. The summed E-state index contributed by atoms with van der Waals surface area (Å²) < 4.78 is 34.2. The molecule has 0 N–H and O–H groups in total. The molecular formula is C12H27O3PS3. The first-order chi connectivity index (χ1) is 8.93. The highest BCUT2D eigenvalue weighted by Crippen LogP contribution is 2.74. The molecule has 116 valence electrons. The molecule has 0 spiro atoms. The zero-order valence-electron chi connectivity index (χ0n) is 12.3. The molecule has 0 bridgehead atoms. The van der Waals surface area contributed by atoms with Crippen LogP contribution in [-0.4, -0.2) is 25.7 Å². The maximum Gasteiger partial charge on any atom is 0.299 e. The van der Waals surface area contributed by atoms with Crippen molar-refractivity contribution in [1.82, 2.24) is 0 Å². The molecule has 19 heavy (non-hydrogen) atoms. The predicted molar refractivity (Wildman–Crippen MR) is 91.0 cm³/mol. The normalized spacial score (nSPS) is 12.8. The van der Waals surface area contributed by atoms with Crippen molar-refractivity contribution in [3.63, 3.8) is 0 Å². The SMILES string of the molecule is CCCCSP(=O)(SCCCC)S(=O)(=O)CCCC. The van der Waals surface area contributed by atoms with E-state index in [1.54, 1.807) is 0 Å². The summed E-state index contributed by atoms with van der Waals surface area (Å²) in [5.41, 5.74) is 0. The molecule has 0 aliphatic heterocycles. The van der Waals surface area contributed by atoms with Gasteiger partial charge in [-0.15, -0.1) is 0 Å². The van der Waals surface area contributed by atoms with Crippen molar-refractivity contribution in [2.75, 3.05) is 17.3 Å². The standard InChI is InChI=1S/C12H27O3PS3/c1-4-7-10-17-16(13,18-11-8-5-2)19(14,15)12-9-6-3/h4-12H2,1-3H3. The second-order valence-electron chi connectivity index (χ2n) is 4.46. The van der Waals surface area contributed by atoms with Gasteiger partial charge >= 0.3 is 0 Å². The molecule has 3 nitrogen and oxygen atoms in total. The predicted octanol–water partition coefficient (Wildman–Crippen LogP) is 5.38. The second-order valence-corrected chi connectivity index (χ2v) is 18.2. The fraction of sp³-hybridized carbons (Fsp3) is 1.00. The molecule has 0 aliphatic rings. The molecule has 0 heterocycles. The van der Waals surface area contributed by atoms with E-state index in [0.717, 1.165) is 32.1 Å². The van der Waals surface area contributed by atoms with Crippen molar-refractivity contribution in [3.05, 3.63) is 0 Å². The van der Waals surface area contributed by atoms with Gasteiger partial charge in [-0.2, -0.15) is 0 Å². The molecule has 0 aliphatic carbocycles. The van der Waals surface area contributed by atoms with Gasteiger partial charge in [-0.1, -0.05) is 62.8 Å². The Hall–Kier alpha value is 0.880. The van der Waals surface area contributed by atoms with E-state index in [1.165, 1.54) is 22.8 Å². The second kappa shape index (κ2) is 10.6. The van der Waals surface area contributed by atoms with Crippen LogP contribution in [0.25, 0.3) is 0 Å². The van der Waals surface area contributed by atoms with E-state index in [1.807, 2.05) is 6.92 Å². The number of hydrogen-bond acceptors (Lipinski definition) is 5. The molecule has 0 aromatic carbocycles. The molecular weight excluding hydrogens is 319 g/mol. The fourth-order valence-electron chi connectivity index (χ4n) is 1.28. The van der Waals surface area contributed by atoms with E-state index in [0.29, 0.717) is 17.9 Å². The Morgan fingerprint density at radius 2 is 1.26 bits per heavy atom. The minimum Gasteiger partial charge on any atom is -0.283 e. The Bertz CT molecular complexity index is 354. The first-order valence-corrected chi connectivity index (χ1v) is 14.2. The summed E-state index contributed by atoms with van der Waals surface area (Å²) in [5.74, 6) is 1.43. The summed E-state index contributed by atoms with van der Waals surface area (Å²) in [7, 11) is -3.46. The quantitative estimate of drug-likeness (QED) is 0.351. The highest BCUT2D eigenvalue weighted by Gasteiger charge is 2.38. The Labute approximate surface area is 126 Å². The van der Waals surface area contributed by atoms with E-state index in [2.05, 4.69) is 13.8 Å². The summed E-state index contributed by atoms with van der Waals surface area (Å²) in [6.07, 6.45) is 5.27. The lowest BCUT2D eigenvalue weighted by Gasteiger charge is -2.17. The Kier molecular flexibility index (Phi) is 11.1. The van der Waals surface area contributed by atoms with Crippen LogP contribution in [0.2, 0.25) is 0 Å².